The Kier molecular flexibility index (Phi) is 4.09. The second kappa shape index (κ2) is 4.58. The summed E-state index contributed by atoms with van der Waals surface area (Å²) in [6.07, 6.45) is 0. The third-order valence-corrected chi connectivity index (χ3v) is 2.14. The first kappa shape index (κ1) is 11.6. The van der Waals surface area contributed by atoms with Crippen molar-refractivity contribution in [3.8, 4) is 0 Å². The van der Waals surface area contributed by atoms with Crippen LogP contribution < -0.4 is 10.9 Å². The van der Waals surface area contributed by atoms with Crippen LogP contribution in [0.5, 0.6) is 0 Å². The molecule has 0 aliphatic carbocycles. The molecule has 0 amide bonds. The maximum absolute atomic E-state index is 10.7. The molecule has 1 aromatic carbocycles. The molecular formula is C7H10N2O3S. The van der Waals surface area contributed by atoms with Crippen molar-refractivity contribution >= 4 is 22.5 Å². The highest BCUT2D eigenvalue weighted by Gasteiger charge is 2.04. The predicted molar refractivity (Wildman–Crippen MR) is 49.3 cm³/mol. The third kappa shape index (κ3) is 3.68. The van der Waals surface area contributed by atoms with Crippen LogP contribution >= 0.6 is 0 Å². The first-order valence-corrected chi connectivity index (χ1v) is 4.72. The van der Waals surface area contributed by atoms with E-state index in [0.29, 0.717) is 5.69 Å². The lowest BCUT2D eigenvalue weighted by molar-refractivity contribution is -0.0979. The second-order valence-electron chi connectivity index (χ2n) is 2.11. The van der Waals surface area contributed by atoms with Crippen molar-refractivity contribution in [3.05, 3.63) is 24.3 Å². The number of benzene rings is 1. The fraction of sp³-hybridized carbons (Fsp3) is 0. The van der Waals surface area contributed by atoms with Crippen LogP contribution in [-0.4, -0.2) is 15.2 Å². The zero-order valence-electron chi connectivity index (χ0n) is 6.80. The number of carbonyl (C=O) groups excluding carboxylic acids is 1. The number of anilines is 1. The van der Waals surface area contributed by atoms with Crippen molar-refractivity contribution in [1.82, 2.24) is 0 Å². The Morgan fingerprint density at radius 3 is 1.77 bits per heavy atom. The molecule has 1 aromatic rings. The van der Waals surface area contributed by atoms with E-state index < -0.39 is 10.0 Å². The van der Waals surface area contributed by atoms with Gasteiger partial charge >= 0.3 is 0 Å². The molecular weight excluding hydrogens is 192 g/mol. The Morgan fingerprint density at radius 1 is 1.08 bits per heavy atom. The smallest absolute Gasteiger partial charge is 0.238 e. The zero-order valence-corrected chi connectivity index (χ0v) is 7.62. The molecule has 0 aliphatic rings. The van der Waals surface area contributed by atoms with Gasteiger partial charge in [-0.3, -0.25) is 0 Å². The van der Waals surface area contributed by atoms with Gasteiger partial charge in [-0.05, 0) is 24.3 Å². The standard InChI is InChI=1S/C6H8N2O2S.CH2O/c7-5-1-3-6(4-2-5)11(8,9)10;1-2/h1-4H,7H2,(H2,8,9,10);1H2. The maximum Gasteiger partial charge on any atom is 0.238 e. The van der Waals surface area contributed by atoms with Crippen LogP contribution in [0, 0.1) is 0 Å². The first-order chi connectivity index (χ1) is 6.00. The summed E-state index contributed by atoms with van der Waals surface area (Å²) in [6.45, 7) is 2.00. The molecule has 0 atom stereocenters. The summed E-state index contributed by atoms with van der Waals surface area (Å²) < 4.78 is 21.4. The lowest BCUT2D eigenvalue weighted by atomic mass is 10.3. The van der Waals surface area contributed by atoms with E-state index in [1.807, 2.05) is 6.79 Å². The van der Waals surface area contributed by atoms with Gasteiger partial charge in [-0.1, -0.05) is 0 Å². The maximum atomic E-state index is 10.7. The number of sulfonamides is 1. The highest BCUT2D eigenvalue weighted by molar-refractivity contribution is 7.89. The summed E-state index contributed by atoms with van der Waals surface area (Å²) in [5.41, 5.74) is 5.85. The lowest BCUT2D eigenvalue weighted by Gasteiger charge is -1.96. The van der Waals surface area contributed by atoms with Crippen molar-refractivity contribution in [3.63, 3.8) is 0 Å². The van der Waals surface area contributed by atoms with Crippen molar-refractivity contribution in [2.24, 2.45) is 5.14 Å². The molecule has 1 rings (SSSR count). The van der Waals surface area contributed by atoms with Crippen LogP contribution in [-0.2, 0) is 14.8 Å². The Balaban J connectivity index is 0.000000671. The molecule has 13 heavy (non-hydrogen) atoms. The Bertz CT molecular complexity index is 358. The van der Waals surface area contributed by atoms with E-state index in [-0.39, 0.29) is 4.90 Å². The number of hydrogen-bond acceptors (Lipinski definition) is 4. The molecule has 4 N–H and O–H groups in total. The summed E-state index contributed by atoms with van der Waals surface area (Å²) in [5.74, 6) is 0. The predicted octanol–water partition coefficient (Wildman–Crippen LogP) is -0.269. The van der Waals surface area contributed by atoms with E-state index in [2.05, 4.69) is 0 Å². The molecule has 0 aliphatic heterocycles. The van der Waals surface area contributed by atoms with Gasteiger partial charge in [-0.15, -0.1) is 0 Å². The number of nitrogen functional groups attached to an aromatic ring is 1. The molecule has 0 fully saturated rings. The normalized spacial score (nSPS) is 9.92. The molecule has 72 valence electrons. The van der Waals surface area contributed by atoms with Gasteiger partial charge in [0.15, 0.2) is 0 Å². The van der Waals surface area contributed by atoms with Gasteiger partial charge in [-0.25, -0.2) is 13.6 Å². The van der Waals surface area contributed by atoms with E-state index in [1.54, 1.807) is 0 Å². The summed E-state index contributed by atoms with van der Waals surface area (Å²) >= 11 is 0. The van der Waals surface area contributed by atoms with Crippen LogP contribution in [0.4, 0.5) is 5.69 Å². The van der Waals surface area contributed by atoms with Gasteiger partial charge in [0.25, 0.3) is 0 Å². The molecule has 5 nitrogen and oxygen atoms in total. The number of nitrogens with two attached hydrogens (primary N) is 2. The fourth-order valence-electron chi connectivity index (χ4n) is 0.658. The van der Waals surface area contributed by atoms with E-state index in [0.717, 1.165) is 0 Å². The molecule has 0 saturated heterocycles. The largest absolute Gasteiger partial charge is 0.399 e. The summed E-state index contributed by atoms with van der Waals surface area (Å²) in [6, 6.07) is 5.70. The second-order valence-corrected chi connectivity index (χ2v) is 3.68. The van der Waals surface area contributed by atoms with Crippen LogP contribution in [0.1, 0.15) is 0 Å². The van der Waals surface area contributed by atoms with E-state index in [9.17, 15) is 8.42 Å². The average molecular weight is 202 g/mol. The summed E-state index contributed by atoms with van der Waals surface area (Å²) in [5, 5.41) is 4.84. The van der Waals surface area contributed by atoms with Gasteiger partial charge in [0.2, 0.25) is 10.0 Å². The highest BCUT2D eigenvalue weighted by atomic mass is 32.2. The zero-order chi connectivity index (χ0) is 10.5. The molecule has 0 spiro atoms. The SMILES string of the molecule is C=O.Nc1ccc(S(N)(=O)=O)cc1. The Hall–Kier alpha value is -1.40. The number of hydrogen-bond donors (Lipinski definition) is 2. The van der Waals surface area contributed by atoms with Gasteiger partial charge in [0, 0.05) is 5.69 Å². The molecule has 0 heterocycles. The molecule has 0 bridgehead atoms. The fourth-order valence-corrected chi connectivity index (χ4v) is 1.17. The van der Waals surface area contributed by atoms with Crippen molar-refractivity contribution < 1.29 is 13.2 Å². The summed E-state index contributed by atoms with van der Waals surface area (Å²) in [4.78, 5) is 8.08. The Labute approximate surface area is 76.4 Å². The lowest BCUT2D eigenvalue weighted by Crippen LogP contribution is -2.11. The van der Waals surface area contributed by atoms with Crippen molar-refractivity contribution in [2.45, 2.75) is 4.90 Å². The number of carbonyl (C=O) groups is 1. The minimum Gasteiger partial charge on any atom is -0.399 e. The molecule has 6 heteroatoms. The average Bonchev–Trinajstić information content (AvgIpc) is 2.07. The molecule has 0 aromatic heterocycles. The molecule has 0 unspecified atom stereocenters. The minimum absolute atomic E-state index is 0.0756. The first-order valence-electron chi connectivity index (χ1n) is 3.17. The van der Waals surface area contributed by atoms with Gasteiger partial charge < -0.3 is 10.5 Å². The molecule has 0 saturated carbocycles. The van der Waals surface area contributed by atoms with Gasteiger partial charge in [0.1, 0.15) is 6.79 Å². The number of primary sulfonamides is 1. The van der Waals surface area contributed by atoms with Crippen LogP contribution in [0.3, 0.4) is 0 Å². The van der Waals surface area contributed by atoms with Gasteiger partial charge in [-0.2, -0.15) is 0 Å². The number of rotatable bonds is 1. The van der Waals surface area contributed by atoms with Crippen molar-refractivity contribution in [1.29, 1.82) is 0 Å². The minimum atomic E-state index is -3.58. The topological polar surface area (TPSA) is 103 Å². The summed E-state index contributed by atoms with van der Waals surface area (Å²) in [7, 11) is -3.58. The monoisotopic (exact) mass is 202 g/mol. The quantitative estimate of drug-likeness (QED) is 0.612. The Morgan fingerprint density at radius 2 is 1.46 bits per heavy atom. The van der Waals surface area contributed by atoms with E-state index in [1.165, 1.54) is 24.3 Å². The van der Waals surface area contributed by atoms with Crippen molar-refractivity contribution in [2.75, 3.05) is 5.73 Å². The van der Waals surface area contributed by atoms with Gasteiger partial charge in [0.05, 0.1) is 4.90 Å². The molecule has 0 radical (unpaired) electrons. The van der Waals surface area contributed by atoms with Crippen LogP contribution in [0.15, 0.2) is 29.2 Å². The van der Waals surface area contributed by atoms with Crippen LogP contribution in [0.25, 0.3) is 0 Å². The highest BCUT2D eigenvalue weighted by Crippen LogP contribution is 2.08. The van der Waals surface area contributed by atoms with E-state index >= 15 is 0 Å². The van der Waals surface area contributed by atoms with E-state index in [4.69, 9.17) is 15.7 Å². The third-order valence-electron chi connectivity index (χ3n) is 1.21. The van der Waals surface area contributed by atoms with Crippen LogP contribution in [0.2, 0.25) is 0 Å².